The molecule has 2 heterocycles. The Hall–Kier alpha value is -3.53. The number of non-ortho nitro benzene ring substituents is 1. The largest absolute Gasteiger partial charge is 0.468 e. The van der Waals surface area contributed by atoms with E-state index >= 15 is 0 Å². The van der Waals surface area contributed by atoms with Crippen LogP contribution in [0.2, 0.25) is 0 Å². The summed E-state index contributed by atoms with van der Waals surface area (Å²) in [4.78, 5) is 35.6. The number of esters is 1. The Balaban J connectivity index is 1.92. The number of aryl methyl sites for hydroxylation is 1. The molecule has 10 heteroatoms. The highest BCUT2D eigenvalue weighted by Gasteiger charge is 2.32. The molecule has 1 N–H and O–H groups in total. The number of nitro groups is 1. The zero-order valence-electron chi connectivity index (χ0n) is 16.0. The topological polar surface area (TPSA) is 107 Å². The Morgan fingerprint density at radius 2 is 1.97 bits per heavy atom. The van der Waals surface area contributed by atoms with Crippen LogP contribution in [0.4, 0.5) is 5.69 Å². The van der Waals surface area contributed by atoms with Crippen LogP contribution in [0.5, 0.6) is 0 Å². The van der Waals surface area contributed by atoms with Crippen molar-refractivity contribution in [2.24, 2.45) is 0 Å². The number of carbonyl (C=O) groups is 2. The lowest BCUT2D eigenvalue weighted by atomic mass is 10.2. The number of aromatic nitrogens is 1. The minimum atomic E-state index is -0.569. The minimum absolute atomic E-state index is 0.0125. The molecule has 1 fully saturated rings. The number of nitrogens with zero attached hydrogens (tertiary/aromatic N) is 3. The Bertz CT molecular complexity index is 1060. The quantitative estimate of drug-likeness (QED) is 0.263. The summed E-state index contributed by atoms with van der Waals surface area (Å²) in [6.07, 6.45) is 1.66. The molecule has 150 valence electrons. The van der Waals surface area contributed by atoms with E-state index in [1.165, 1.54) is 19.2 Å². The molecule has 29 heavy (non-hydrogen) atoms. The van der Waals surface area contributed by atoms with E-state index in [0.29, 0.717) is 0 Å². The minimum Gasteiger partial charge on any atom is -0.468 e. The van der Waals surface area contributed by atoms with Gasteiger partial charge in [-0.2, -0.15) is 0 Å². The fourth-order valence-electron chi connectivity index (χ4n) is 3.12. The van der Waals surface area contributed by atoms with Crippen molar-refractivity contribution in [3.05, 3.63) is 63.1 Å². The standard InChI is InChI=1S/C19H18N4O5S/c1-11-8-13(9-16-18(25)21(19(29)20-16)10-17(24)28-3)12(2)22(11)14-4-6-15(7-5-14)23(26)27/h4-9H,10H2,1-3H3,(H,20,29)/b16-9-. The van der Waals surface area contributed by atoms with E-state index in [-0.39, 0.29) is 23.0 Å². The molecule has 0 bridgehead atoms. The molecule has 1 amide bonds. The third-order valence-electron chi connectivity index (χ3n) is 4.57. The molecule has 0 radical (unpaired) electrons. The highest BCUT2D eigenvalue weighted by molar-refractivity contribution is 7.80. The van der Waals surface area contributed by atoms with E-state index in [0.717, 1.165) is 27.5 Å². The Morgan fingerprint density at radius 3 is 2.55 bits per heavy atom. The molecule has 1 aliphatic heterocycles. The number of hydrogen-bond acceptors (Lipinski definition) is 6. The molecule has 0 saturated carbocycles. The van der Waals surface area contributed by atoms with Gasteiger partial charge in [0.25, 0.3) is 11.6 Å². The molecular weight excluding hydrogens is 396 g/mol. The van der Waals surface area contributed by atoms with Crippen LogP contribution in [0.3, 0.4) is 0 Å². The first kappa shape index (κ1) is 20.2. The van der Waals surface area contributed by atoms with Crippen LogP contribution >= 0.6 is 12.2 Å². The van der Waals surface area contributed by atoms with Gasteiger partial charge in [-0.3, -0.25) is 24.6 Å². The lowest BCUT2D eigenvalue weighted by molar-refractivity contribution is -0.384. The van der Waals surface area contributed by atoms with Crippen LogP contribution in [0.25, 0.3) is 11.8 Å². The first-order chi connectivity index (χ1) is 13.7. The van der Waals surface area contributed by atoms with Crippen LogP contribution in [0, 0.1) is 24.0 Å². The van der Waals surface area contributed by atoms with Gasteiger partial charge >= 0.3 is 5.97 Å². The third kappa shape index (κ3) is 3.87. The van der Waals surface area contributed by atoms with Crippen molar-refractivity contribution in [1.82, 2.24) is 14.8 Å². The number of methoxy groups -OCH3 is 1. The van der Waals surface area contributed by atoms with E-state index in [2.05, 4.69) is 10.1 Å². The number of nitrogens with one attached hydrogen (secondary N) is 1. The zero-order chi connectivity index (χ0) is 21.3. The van der Waals surface area contributed by atoms with Gasteiger partial charge in [0.15, 0.2) is 5.11 Å². The van der Waals surface area contributed by atoms with E-state index in [1.54, 1.807) is 18.2 Å². The van der Waals surface area contributed by atoms with E-state index in [1.807, 2.05) is 24.5 Å². The van der Waals surface area contributed by atoms with Crippen molar-refractivity contribution in [3.8, 4) is 5.69 Å². The van der Waals surface area contributed by atoms with Gasteiger partial charge in [-0.05, 0) is 55.9 Å². The van der Waals surface area contributed by atoms with Gasteiger partial charge in [0, 0.05) is 29.2 Å². The summed E-state index contributed by atoms with van der Waals surface area (Å²) in [6.45, 7) is 3.51. The fraction of sp³-hybridized carbons (Fsp3) is 0.211. The molecule has 0 unspecified atom stereocenters. The van der Waals surface area contributed by atoms with Crippen molar-refractivity contribution in [2.45, 2.75) is 13.8 Å². The average molecular weight is 414 g/mol. The summed E-state index contributed by atoms with van der Waals surface area (Å²) in [5.41, 5.74) is 3.54. The molecule has 1 aromatic heterocycles. The molecule has 1 aliphatic rings. The molecule has 2 aromatic rings. The summed E-state index contributed by atoms with van der Waals surface area (Å²) in [6, 6.07) is 8.11. The van der Waals surface area contributed by atoms with Gasteiger partial charge in [-0.25, -0.2) is 0 Å². The first-order valence-electron chi connectivity index (χ1n) is 8.58. The summed E-state index contributed by atoms with van der Waals surface area (Å²) >= 11 is 5.14. The maximum Gasteiger partial charge on any atom is 0.325 e. The monoisotopic (exact) mass is 414 g/mol. The van der Waals surface area contributed by atoms with Crippen molar-refractivity contribution in [1.29, 1.82) is 0 Å². The summed E-state index contributed by atoms with van der Waals surface area (Å²) < 4.78 is 6.52. The highest BCUT2D eigenvalue weighted by Crippen LogP contribution is 2.25. The van der Waals surface area contributed by atoms with Crippen LogP contribution in [0.1, 0.15) is 17.0 Å². The Morgan fingerprint density at radius 1 is 1.31 bits per heavy atom. The number of thiocarbonyl (C=S) groups is 1. The van der Waals surface area contributed by atoms with Crippen molar-refractivity contribution in [3.63, 3.8) is 0 Å². The second-order valence-corrected chi connectivity index (χ2v) is 6.78. The van der Waals surface area contributed by atoms with E-state index in [4.69, 9.17) is 12.2 Å². The molecule has 0 aliphatic carbocycles. The highest BCUT2D eigenvalue weighted by atomic mass is 32.1. The molecule has 3 rings (SSSR count). The number of carbonyl (C=O) groups excluding carboxylic acids is 2. The maximum atomic E-state index is 12.6. The molecule has 1 aromatic carbocycles. The van der Waals surface area contributed by atoms with Crippen LogP contribution in [-0.2, 0) is 14.3 Å². The van der Waals surface area contributed by atoms with E-state index in [9.17, 15) is 19.7 Å². The number of ether oxygens (including phenoxy) is 1. The smallest absolute Gasteiger partial charge is 0.325 e. The summed E-state index contributed by atoms with van der Waals surface area (Å²) in [5.74, 6) is -0.986. The second kappa shape index (κ2) is 7.84. The predicted octanol–water partition coefficient (Wildman–Crippen LogP) is 2.23. The number of benzene rings is 1. The van der Waals surface area contributed by atoms with Crippen molar-refractivity contribution >= 4 is 41.0 Å². The predicted molar refractivity (Wildman–Crippen MR) is 109 cm³/mol. The SMILES string of the molecule is COC(=O)CN1C(=O)/C(=C/c2cc(C)n(-c3ccc([N+](=O)[O-])cc3)c2C)NC1=S. The average Bonchev–Trinajstić information content (AvgIpc) is 3.11. The lowest BCUT2D eigenvalue weighted by Crippen LogP contribution is -2.35. The van der Waals surface area contributed by atoms with Crippen LogP contribution < -0.4 is 5.32 Å². The molecule has 0 spiro atoms. The number of rotatable bonds is 5. The maximum absolute atomic E-state index is 12.6. The summed E-state index contributed by atoms with van der Waals surface area (Å²) in [7, 11) is 1.24. The van der Waals surface area contributed by atoms with Gasteiger partial charge in [-0.15, -0.1) is 0 Å². The van der Waals surface area contributed by atoms with Gasteiger partial charge < -0.3 is 14.6 Å². The fourth-order valence-corrected chi connectivity index (χ4v) is 3.38. The normalized spacial score (nSPS) is 15.0. The Kier molecular flexibility index (Phi) is 5.46. The molecule has 0 atom stereocenters. The van der Waals surface area contributed by atoms with Crippen LogP contribution in [0.15, 0.2) is 36.0 Å². The first-order valence-corrected chi connectivity index (χ1v) is 8.99. The van der Waals surface area contributed by atoms with Crippen LogP contribution in [-0.4, -0.2) is 45.0 Å². The van der Waals surface area contributed by atoms with Gasteiger partial charge in [-0.1, -0.05) is 0 Å². The lowest BCUT2D eigenvalue weighted by Gasteiger charge is -2.11. The molecular formula is C19H18N4O5S. The number of amides is 1. The Labute approximate surface area is 171 Å². The summed E-state index contributed by atoms with van der Waals surface area (Å²) in [5, 5.41) is 13.8. The van der Waals surface area contributed by atoms with E-state index < -0.39 is 16.8 Å². The number of hydrogen-bond donors (Lipinski definition) is 1. The van der Waals surface area contributed by atoms with Crippen molar-refractivity contribution in [2.75, 3.05) is 13.7 Å². The van der Waals surface area contributed by atoms with Crippen molar-refractivity contribution < 1.29 is 19.2 Å². The van der Waals surface area contributed by atoms with Gasteiger partial charge in [0.05, 0.1) is 12.0 Å². The molecule has 9 nitrogen and oxygen atoms in total. The molecule has 1 saturated heterocycles. The van der Waals surface area contributed by atoms with Gasteiger partial charge in [0.1, 0.15) is 12.2 Å². The second-order valence-electron chi connectivity index (χ2n) is 6.39. The van der Waals surface area contributed by atoms with Gasteiger partial charge in [0.2, 0.25) is 0 Å². The zero-order valence-corrected chi connectivity index (χ0v) is 16.8. The number of nitro benzene ring substituents is 1. The third-order valence-corrected chi connectivity index (χ3v) is 4.89.